The van der Waals surface area contributed by atoms with Gasteiger partial charge in [-0.2, -0.15) is 0 Å². The Kier molecular flexibility index (Phi) is 5.40. The number of nitrogens with zero attached hydrogens (tertiary/aromatic N) is 3. The van der Waals surface area contributed by atoms with Crippen LogP contribution < -0.4 is 15.5 Å². The molecule has 1 aliphatic heterocycles. The summed E-state index contributed by atoms with van der Waals surface area (Å²) in [7, 11) is 0. The zero-order valence-corrected chi connectivity index (χ0v) is 16.9. The number of hydrogen-bond acceptors (Lipinski definition) is 6. The smallest absolute Gasteiger partial charge is 0.323 e. The van der Waals surface area contributed by atoms with Crippen LogP contribution in [-0.4, -0.2) is 35.0 Å². The molecule has 0 radical (unpaired) electrons. The lowest BCUT2D eigenvalue weighted by Gasteiger charge is -2.19. The first-order valence-electron chi connectivity index (χ1n) is 9.40. The van der Waals surface area contributed by atoms with E-state index in [1.54, 1.807) is 16.2 Å². The summed E-state index contributed by atoms with van der Waals surface area (Å²) in [4.78, 5) is 36.1. The summed E-state index contributed by atoms with van der Waals surface area (Å²) in [6.45, 7) is 3.47. The van der Waals surface area contributed by atoms with Crippen LogP contribution in [0.1, 0.15) is 42.5 Å². The lowest BCUT2D eigenvalue weighted by molar-refractivity contribution is -0.115. The average Bonchev–Trinajstić information content (AvgIpc) is 3.34. The number of carbonyl (C=O) groups is 2. The molecule has 1 atom stereocenters. The molecule has 0 saturated carbocycles. The molecule has 1 fully saturated rings. The van der Waals surface area contributed by atoms with Gasteiger partial charge in [0.05, 0.1) is 17.8 Å². The molecule has 9 heteroatoms. The van der Waals surface area contributed by atoms with Crippen molar-refractivity contribution in [2.24, 2.45) is 5.92 Å². The monoisotopic (exact) mass is 405 g/mol. The van der Waals surface area contributed by atoms with E-state index in [0.29, 0.717) is 29.0 Å². The van der Waals surface area contributed by atoms with E-state index in [9.17, 15) is 9.59 Å². The Balaban J connectivity index is 1.35. The SMILES string of the molecule is CCCC1CCc2nc(NC(=O)Cc3csc(N4CCNC4=O)n3)sc2C1. The number of carbonyl (C=O) groups excluding carboxylic acids is 2. The van der Waals surface area contributed by atoms with Gasteiger partial charge in [0.25, 0.3) is 0 Å². The first-order valence-corrected chi connectivity index (χ1v) is 11.1. The van der Waals surface area contributed by atoms with Crippen LogP contribution in [-0.2, 0) is 24.1 Å². The van der Waals surface area contributed by atoms with Crippen molar-refractivity contribution in [2.75, 3.05) is 23.3 Å². The fourth-order valence-corrected chi connectivity index (χ4v) is 5.62. The van der Waals surface area contributed by atoms with Gasteiger partial charge in [0, 0.05) is 23.3 Å². The van der Waals surface area contributed by atoms with Gasteiger partial charge >= 0.3 is 6.03 Å². The minimum absolute atomic E-state index is 0.117. The van der Waals surface area contributed by atoms with Gasteiger partial charge < -0.3 is 10.6 Å². The number of aromatic nitrogens is 2. The normalized spacial score (nSPS) is 19.1. The van der Waals surface area contributed by atoms with Crippen LogP contribution in [0.25, 0.3) is 0 Å². The Morgan fingerprint density at radius 3 is 3.11 bits per heavy atom. The number of nitrogens with one attached hydrogen (secondary N) is 2. The van der Waals surface area contributed by atoms with Gasteiger partial charge in [0.1, 0.15) is 0 Å². The third-order valence-corrected chi connectivity index (χ3v) is 6.90. The molecule has 3 heterocycles. The Morgan fingerprint density at radius 1 is 1.44 bits per heavy atom. The molecule has 2 aromatic rings. The molecule has 2 aliphatic rings. The van der Waals surface area contributed by atoms with Gasteiger partial charge in [-0.3, -0.25) is 9.69 Å². The van der Waals surface area contributed by atoms with Gasteiger partial charge in [-0.15, -0.1) is 22.7 Å². The number of urea groups is 1. The third kappa shape index (κ3) is 4.14. The van der Waals surface area contributed by atoms with Gasteiger partial charge in [-0.1, -0.05) is 19.8 Å². The number of hydrogen-bond donors (Lipinski definition) is 2. The summed E-state index contributed by atoms with van der Waals surface area (Å²) >= 11 is 2.99. The first-order chi connectivity index (χ1) is 13.1. The number of fused-ring (bicyclic) bond motifs is 1. The highest BCUT2D eigenvalue weighted by Crippen LogP contribution is 2.34. The molecule has 1 aliphatic carbocycles. The van der Waals surface area contributed by atoms with Crippen LogP contribution in [0.5, 0.6) is 0 Å². The van der Waals surface area contributed by atoms with Crippen molar-refractivity contribution in [1.82, 2.24) is 15.3 Å². The predicted octanol–water partition coefficient (Wildman–Crippen LogP) is 3.22. The number of amides is 3. The molecular weight excluding hydrogens is 382 g/mol. The van der Waals surface area contributed by atoms with E-state index in [2.05, 4.69) is 27.5 Å². The summed E-state index contributed by atoms with van der Waals surface area (Å²) in [6, 6.07) is -0.130. The quantitative estimate of drug-likeness (QED) is 0.772. The zero-order chi connectivity index (χ0) is 18.8. The van der Waals surface area contributed by atoms with Crippen LogP contribution in [0.3, 0.4) is 0 Å². The molecule has 144 valence electrons. The second-order valence-electron chi connectivity index (χ2n) is 7.02. The molecule has 7 nitrogen and oxygen atoms in total. The minimum Gasteiger partial charge on any atom is -0.336 e. The Bertz CT molecular complexity index is 847. The summed E-state index contributed by atoms with van der Waals surface area (Å²) in [6.07, 6.45) is 5.97. The molecule has 2 aromatic heterocycles. The molecule has 0 spiro atoms. The second kappa shape index (κ2) is 7.93. The molecule has 4 rings (SSSR count). The van der Waals surface area contributed by atoms with E-state index in [1.807, 2.05) is 5.38 Å². The van der Waals surface area contributed by atoms with E-state index in [-0.39, 0.29) is 18.4 Å². The van der Waals surface area contributed by atoms with Crippen molar-refractivity contribution in [3.63, 3.8) is 0 Å². The first kappa shape index (κ1) is 18.4. The van der Waals surface area contributed by atoms with Crippen molar-refractivity contribution in [3.8, 4) is 0 Å². The van der Waals surface area contributed by atoms with E-state index < -0.39 is 0 Å². The highest BCUT2D eigenvalue weighted by atomic mass is 32.1. The fourth-order valence-electron chi connectivity index (χ4n) is 3.63. The minimum atomic E-state index is -0.130. The standard InChI is InChI=1S/C18H23N5O2S2/c1-2-3-11-4-5-13-14(8-11)27-16(21-13)22-15(24)9-12-10-26-18(20-12)23-7-6-19-17(23)25/h10-11H,2-9H2,1H3,(H,19,25)(H,21,22,24). The fraction of sp³-hybridized carbons (Fsp3) is 0.556. The van der Waals surface area contributed by atoms with Crippen molar-refractivity contribution in [3.05, 3.63) is 21.6 Å². The van der Waals surface area contributed by atoms with Crippen LogP contribution in [0.15, 0.2) is 5.38 Å². The number of rotatable bonds is 6. The van der Waals surface area contributed by atoms with E-state index in [0.717, 1.165) is 24.5 Å². The third-order valence-electron chi connectivity index (χ3n) is 4.95. The van der Waals surface area contributed by atoms with E-state index in [4.69, 9.17) is 0 Å². The number of anilines is 2. The summed E-state index contributed by atoms with van der Waals surface area (Å²) in [5, 5.41) is 8.84. The summed E-state index contributed by atoms with van der Waals surface area (Å²) in [5.41, 5.74) is 1.83. The van der Waals surface area contributed by atoms with Gasteiger partial charge in [0.2, 0.25) is 5.91 Å². The molecule has 0 aromatic carbocycles. The van der Waals surface area contributed by atoms with E-state index >= 15 is 0 Å². The molecular formula is C18H23N5O2S2. The predicted molar refractivity (Wildman–Crippen MR) is 108 cm³/mol. The Labute approximate surface area is 166 Å². The van der Waals surface area contributed by atoms with Crippen LogP contribution in [0, 0.1) is 5.92 Å². The lowest BCUT2D eigenvalue weighted by atomic mass is 9.88. The zero-order valence-electron chi connectivity index (χ0n) is 15.3. The van der Waals surface area contributed by atoms with Gasteiger partial charge in [-0.05, 0) is 25.2 Å². The van der Waals surface area contributed by atoms with Gasteiger partial charge in [-0.25, -0.2) is 14.8 Å². The number of aryl methyl sites for hydroxylation is 1. The Hall–Kier alpha value is -2.00. The largest absolute Gasteiger partial charge is 0.336 e. The molecule has 0 bridgehead atoms. The molecule has 3 amide bonds. The van der Waals surface area contributed by atoms with E-state index in [1.165, 1.54) is 35.5 Å². The molecule has 27 heavy (non-hydrogen) atoms. The molecule has 1 unspecified atom stereocenters. The summed E-state index contributed by atoms with van der Waals surface area (Å²) in [5.74, 6) is 0.636. The topological polar surface area (TPSA) is 87.2 Å². The van der Waals surface area contributed by atoms with Crippen LogP contribution >= 0.6 is 22.7 Å². The molecule has 2 N–H and O–H groups in total. The second-order valence-corrected chi connectivity index (χ2v) is 8.94. The van der Waals surface area contributed by atoms with Crippen LogP contribution in [0.2, 0.25) is 0 Å². The Morgan fingerprint density at radius 2 is 2.33 bits per heavy atom. The average molecular weight is 406 g/mol. The maximum Gasteiger partial charge on any atom is 0.323 e. The van der Waals surface area contributed by atoms with Crippen molar-refractivity contribution >= 4 is 44.9 Å². The van der Waals surface area contributed by atoms with Crippen molar-refractivity contribution < 1.29 is 9.59 Å². The maximum absolute atomic E-state index is 12.4. The number of thiazole rings is 2. The van der Waals surface area contributed by atoms with Crippen molar-refractivity contribution in [2.45, 2.75) is 45.4 Å². The highest BCUT2D eigenvalue weighted by Gasteiger charge is 2.25. The van der Waals surface area contributed by atoms with Gasteiger partial charge in [0.15, 0.2) is 10.3 Å². The maximum atomic E-state index is 12.4. The van der Waals surface area contributed by atoms with Crippen molar-refractivity contribution in [1.29, 1.82) is 0 Å². The molecule has 1 saturated heterocycles. The van der Waals surface area contributed by atoms with Crippen LogP contribution in [0.4, 0.5) is 15.1 Å². The summed E-state index contributed by atoms with van der Waals surface area (Å²) < 4.78 is 0. The highest BCUT2D eigenvalue weighted by molar-refractivity contribution is 7.16. The lowest BCUT2D eigenvalue weighted by Crippen LogP contribution is -2.27.